The predicted molar refractivity (Wildman–Crippen MR) is 55.2 cm³/mol. The van der Waals surface area contributed by atoms with Gasteiger partial charge in [-0.1, -0.05) is 0 Å². The molecule has 5 nitrogen and oxygen atoms in total. The smallest absolute Gasteiger partial charge is 0.256 e. The molecule has 0 bridgehead atoms. The molecular weight excluding hydrogens is 208 g/mol. The molecule has 2 N–H and O–H groups in total. The Labute approximate surface area is 93.2 Å². The Morgan fingerprint density at radius 3 is 2.88 bits per heavy atom. The Morgan fingerprint density at radius 2 is 2.25 bits per heavy atom. The van der Waals surface area contributed by atoms with Crippen molar-refractivity contribution in [2.75, 3.05) is 6.61 Å². The van der Waals surface area contributed by atoms with Gasteiger partial charge in [-0.15, -0.1) is 0 Å². The SMILES string of the molecule is CC1=CC(=O)N(C2C(N)C3CCOC32)C1=O. The predicted octanol–water partition coefficient (Wildman–Crippen LogP) is -0.584. The summed E-state index contributed by atoms with van der Waals surface area (Å²) >= 11 is 0. The molecule has 0 aromatic rings. The van der Waals surface area contributed by atoms with E-state index in [1.54, 1.807) is 6.92 Å². The Morgan fingerprint density at radius 1 is 1.50 bits per heavy atom. The fraction of sp³-hybridized carbons (Fsp3) is 0.636. The van der Waals surface area contributed by atoms with E-state index in [4.69, 9.17) is 10.5 Å². The highest BCUT2D eigenvalue weighted by Gasteiger charge is 2.57. The van der Waals surface area contributed by atoms with Crippen LogP contribution >= 0.6 is 0 Å². The number of nitrogens with two attached hydrogens (primary N) is 1. The summed E-state index contributed by atoms with van der Waals surface area (Å²) in [4.78, 5) is 24.8. The van der Waals surface area contributed by atoms with E-state index in [-0.39, 0.29) is 30.0 Å². The molecule has 1 saturated carbocycles. The molecule has 3 rings (SSSR count). The minimum atomic E-state index is -0.263. The standard InChI is InChI=1S/C11H14N2O3/c1-5-4-7(14)13(11(5)15)9-8(12)6-2-3-16-10(6)9/h4,6,8-10H,2-3,12H2,1H3. The summed E-state index contributed by atoms with van der Waals surface area (Å²) < 4.78 is 5.53. The number of rotatable bonds is 1. The average molecular weight is 222 g/mol. The summed E-state index contributed by atoms with van der Waals surface area (Å²) in [5.41, 5.74) is 6.49. The lowest BCUT2D eigenvalue weighted by atomic mass is 9.71. The lowest BCUT2D eigenvalue weighted by molar-refractivity contribution is -0.152. The molecule has 2 amide bonds. The second-order valence-corrected chi connectivity index (χ2v) is 4.70. The number of fused-ring (bicyclic) bond motifs is 1. The minimum Gasteiger partial charge on any atom is -0.376 e. The molecule has 1 aliphatic carbocycles. The van der Waals surface area contributed by atoms with Gasteiger partial charge in [-0.05, 0) is 13.3 Å². The van der Waals surface area contributed by atoms with E-state index in [1.165, 1.54) is 11.0 Å². The van der Waals surface area contributed by atoms with Crippen molar-refractivity contribution in [3.63, 3.8) is 0 Å². The van der Waals surface area contributed by atoms with Gasteiger partial charge < -0.3 is 10.5 Å². The van der Waals surface area contributed by atoms with Crippen molar-refractivity contribution in [2.24, 2.45) is 11.7 Å². The fourth-order valence-electron chi connectivity index (χ4n) is 2.93. The molecule has 86 valence electrons. The van der Waals surface area contributed by atoms with Gasteiger partial charge in [-0.25, -0.2) is 0 Å². The lowest BCUT2D eigenvalue weighted by Crippen LogP contribution is -2.70. The van der Waals surface area contributed by atoms with Crippen LogP contribution in [0.4, 0.5) is 0 Å². The van der Waals surface area contributed by atoms with Gasteiger partial charge in [0.2, 0.25) is 0 Å². The molecule has 2 heterocycles. The van der Waals surface area contributed by atoms with Gasteiger partial charge in [0.25, 0.3) is 11.8 Å². The maximum atomic E-state index is 11.8. The quantitative estimate of drug-likeness (QED) is 0.602. The van der Waals surface area contributed by atoms with Crippen molar-refractivity contribution >= 4 is 11.8 Å². The highest BCUT2D eigenvalue weighted by Crippen LogP contribution is 2.41. The van der Waals surface area contributed by atoms with E-state index in [1.807, 2.05) is 0 Å². The van der Waals surface area contributed by atoms with Crippen molar-refractivity contribution < 1.29 is 14.3 Å². The molecule has 3 aliphatic rings. The second-order valence-electron chi connectivity index (χ2n) is 4.70. The molecular formula is C11H14N2O3. The van der Waals surface area contributed by atoms with E-state index >= 15 is 0 Å². The van der Waals surface area contributed by atoms with Crippen molar-refractivity contribution in [3.8, 4) is 0 Å². The van der Waals surface area contributed by atoms with Gasteiger partial charge in [-0.2, -0.15) is 0 Å². The van der Waals surface area contributed by atoms with E-state index in [9.17, 15) is 9.59 Å². The highest BCUT2D eigenvalue weighted by molar-refractivity contribution is 6.16. The third-order valence-electron chi connectivity index (χ3n) is 3.84. The molecule has 0 aromatic heterocycles. The molecule has 0 spiro atoms. The average Bonchev–Trinajstić information content (AvgIpc) is 2.76. The molecule has 4 unspecified atom stereocenters. The molecule has 16 heavy (non-hydrogen) atoms. The zero-order chi connectivity index (χ0) is 11.4. The van der Waals surface area contributed by atoms with Crippen molar-refractivity contribution in [1.82, 2.24) is 4.90 Å². The van der Waals surface area contributed by atoms with Gasteiger partial charge >= 0.3 is 0 Å². The summed E-state index contributed by atoms with van der Waals surface area (Å²) in [6.07, 6.45) is 2.27. The molecule has 5 heteroatoms. The number of carbonyl (C=O) groups is 2. The summed E-state index contributed by atoms with van der Waals surface area (Å²) in [7, 11) is 0. The summed E-state index contributed by atoms with van der Waals surface area (Å²) in [6.45, 7) is 2.33. The summed E-state index contributed by atoms with van der Waals surface area (Å²) in [5.74, 6) is -0.164. The zero-order valence-electron chi connectivity index (χ0n) is 9.05. The number of ether oxygens (including phenoxy) is 1. The Kier molecular flexibility index (Phi) is 1.96. The van der Waals surface area contributed by atoms with Crippen LogP contribution in [0, 0.1) is 5.92 Å². The molecule has 0 radical (unpaired) electrons. The van der Waals surface area contributed by atoms with E-state index in [0.717, 1.165) is 6.42 Å². The normalized spacial score (nSPS) is 42.1. The Bertz CT molecular complexity index is 404. The Hall–Kier alpha value is -1.20. The van der Waals surface area contributed by atoms with Crippen LogP contribution in [-0.2, 0) is 14.3 Å². The van der Waals surface area contributed by atoms with Crippen LogP contribution in [0.2, 0.25) is 0 Å². The van der Waals surface area contributed by atoms with Crippen molar-refractivity contribution in [1.29, 1.82) is 0 Å². The van der Waals surface area contributed by atoms with Crippen LogP contribution in [0.15, 0.2) is 11.6 Å². The van der Waals surface area contributed by atoms with E-state index in [0.29, 0.717) is 18.1 Å². The highest BCUT2D eigenvalue weighted by atomic mass is 16.5. The molecule has 0 aromatic carbocycles. The van der Waals surface area contributed by atoms with Crippen molar-refractivity contribution in [3.05, 3.63) is 11.6 Å². The topological polar surface area (TPSA) is 72.6 Å². The van der Waals surface area contributed by atoms with Crippen LogP contribution < -0.4 is 5.73 Å². The summed E-state index contributed by atoms with van der Waals surface area (Å²) in [6, 6.07) is -0.388. The van der Waals surface area contributed by atoms with Crippen LogP contribution in [-0.4, -0.2) is 41.5 Å². The monoisotopic (exact) mass is 222 g/mol. The van der Waals surface area contributed by atoms with E-state index < -0.39 is 0 Å². The fourth-order valence-corrected chi connectivity index (χ4v) is 2.93. The number of nitrogens with zero attached hydrogens (tertiary/aromatic N) is 1. The van der Waals surface area contributed by atoms with Crippen LogP contribution in [0.3, 0.4) is 0 Å². The largest absolute Gasteiger partial charge is 0.376 e. The van der Waals surface area contributed by atoms with Crippen molar-refractivity contribution in [2.45, 2.75) is 31.5 Å². The second kappa shape index (κ2) is 3.15. The van der Waals surface area contributed by atoms with Gasteiger partial charge in [0.05, 0.1) is 12.1 Å². The van der Waals surface area contributed by atoms with Gasteiger partial charge in [-0.3, -0.25) is 14.5 Å². The summed E-state index contributed by atoms with van der Waals surface area (Å²) in [5, 5.41) is 0. The molecule has 2 aliphatic heterocycles. The molecule has 4 atom stereocenters. The minimum absolute atomic E-state index is 0.0396. The van der Waals surface area contributed by atoms with Crippen LogP contribution in [0.25, 0.3) is 0 Å². The van der Waals surface area contributed by atoms with Gasteiger partial charge in [0.1, 0.15) is 0 Å². The number of amides is 2. The lowest BCUT2D eigenvalue weighted by Gasteiger charge is -2.48. The maximum Gasteiger partial charge on any atom is 0.256 e. The van der Waals surface area contributed by atoms with Crippen LogP contribution in [0.1, 0.15) is 13.3 Å². The number of hydrogen-bond donors (Lipinski definition) is 1. The van der Waals surface area contributed by atoms with E-state index in [2.05, 4.69) is 0 Å². The maximum absolute atomic E-state index is 11.8. The first-order valence-electron chi connectivity index (χ1n) is 5.54. The first-order chi connectivity index (χ1) is 7.61. The third kappa shape index (κ3) is 1.07. The molecule has 1 saturated heterocycles. The van der Waals surface area contributed by atoms with Crippen LogP contribution in [0.5, 0.6) is 0 Å². The van der Waals surface area contributed by atoms with Gasteiger partial charge in [0, 0.05) is 30.2 Å². The van der Waals surface area contributed by atoms with Gasteiger partial charge in [0.15, 0.2) is 0 Å². The number of imide groups is 1. The Balaban J connectivity index is 1.85. The third-order valence-corrected chi connectivity index (χ3v) is 3.84. The first kappa shape index (κ1) is 9.99. The first-order valence-corrected chi connectivity index (χ1v) is 5.54. The molecule has 2 fully saturated rings. The zero-order valence-corrected chi connectivity index (χ0v) is 9.05. The number of hydrogen-bond acceptors (Lipinski definition) is 4. The number of carbonyl (C=O) groups excluding carboxylic acids is 2.